The molecule has 2 rings (SSSR count). The highest BCUT2D eigenvalue weighted by molar-refractivity contribution is 5.81. The molecule has 0 spiro atoms. The monoisotopic (exact) mass is 277 g/mol. The van der Waals surface area contributed by atoms with Crippen molar-refractivity contribution >= 4 is 11.7 Å². The molecule has 0 aliphatic carbocycles. The summed E-state index contributed by atoms with van der Waals surface area (Å²) < 4.78 is 0. The van der Waals surface area contributed by atoms with Crippen molar-refractivity contribution < 1.29 is 4.79 Å². The van der Waals surface area contributed by atoms with Crippen LogP contribution in [-0.4, -0.2) is 41.0 Å². The maximum Gasteiger partial charge on any atom is 0.236 e. The van der Waals surface area contributed by atoms with E-state index in [1.165, 1.54) is 0 Å². The predicted molar refractivity (Wildman–Crippen MR) is 78.4 cm³/mol. The molecular formula is C14H23N5O. The highest BCUT2D eigenvalue weighted by Crippen LogP contribution is 2.18. The summed E-state index contributed by atoms with van der Waals surface area (Å²) in [5.41, 5.74) is 6.63. The number of amides is 1. The second-order valence-electron chi connectivity index (χ2n) is 5.30. The van der Waals surface area contributed by atoms with Crippen molar-refractivity contribution in [1.82, 2.24) is 15.3 Å². The number of carbonyl (C=O) groups is 1. The summed E-state index contributed by atoms with van der Waals surface area (Å²) in [6.07, 6.45) is 4.53. The number of piperidine rings is 1. The first-order valence-corrected chi connectivity index (χ1v) is 7.22. The van der Waals surface area contributed by atoms with E-state index in [0.717, 1.165) is 43.9 Å². The van der Waals surface area contributed by atoms with Crippen LogP contribution in [0.4, 0.5) is 5.82 Å². The van der Waals surface area contributed by atoms with Crippen LogP contribution in [0.25, 0.3) is 0 Å². The first kappa shape index (κ1) is 14.7. The van der Waals surface area contributed by atoms with Gasteiger partial charge >= 0.3 is 0 Å². The molecule has 0 bridgehead atoms. The van der Waals surface area contributed by atoms with Gasteiger partial charge in [0.1, 0.15) is 12.1 Å². The summed E-state index contributed by atoms with van der Waals surface area (Å²) in [7, 11) is 0. The molecule has 0 saturated carbocycles. The van der Waals surface area contributed by atoms with Crippen molar-refractivity contribution in [2.75, 3.05) is 18.0 Å². The standard InChI is InChI=1S/C14H23N5O/c1-3-11-7-13(17-9-16-11)19-6-4-5-12(8-19)18-14(20)10(2)15/h7,9-10,12H,3-6,8,15H2,1-2H3,(H,18,20)/t10-,12?/m1/s1. The van der Waals surface area contributed by atoms with E-state index >= 15 is 0 Å². The third kappa shape index (κ3) is 3.66. The van der Waals surface area contributed by atoms with Gasteiger partial charge in [-0.15, -0.1) is 0 Å². The van der Waals surface area contributed by atoms with E-state index in [-0.39, 0.29) is 11.9 Å². The molecule has 2 heterocycles. The zero-order valence-corrected chi connectivity index (χ0v) is 12.2. The number of hydrogen-bond acceptors (Lipinski definition) is 5. The van der Waals surface area contributed by atoms with Gasteiger partial charge < -0.3 is 16.0 Å². The quantitative estimate of drug-likeness (QED) is 0.836. The van der Waals surface area contributed by atoms with Crippen LogP contribution in [0.3, 0.4) is 0 Å². The average Bonchev–Trinajstić information content (AvgIpc) is 2.47. The smallest absolute Gasteiger partial charge is 0.236 e. The lowest BCUT2D eigenvalue weighted by molar-refractivity contribution is -0.122. The summed E-state index contributed by atoms with van der Waals surface area (Å²) in [6, 6.07) is 1.70. The lowest BCUT2D eigenvalue weighted by Gasteiger charge is -2.34. The second kappa shape index (κ2) is 6.65. The molecule has 1 aliphatic heterocycles. The van der Waals surface area contributed by atoms with Crippen LogP contribution in [0.1, 0.15) is 32.4 Å². The van der Waals surface area contributed by atoms with Gasteiger partial charge in [0.15, 0.2) is 0 Å². The second-order valence-corrected chi connectivity index (χ2v) is 5.30. The molecule has 1 unspecified atom stereocenters. The zero-order chi connectivity index (χ0) is 14.5. The third-order valence-electron chi connectivity index (χ3n) is 3.58. The van der Waals surface area contributed by atoms with Crippen molar-refractivity contribution in [3.63, 3.8) is 0 Å². The fourth-order valence-electron chi connectivity index (χ4n) is 2.39. The van der Waals surface area contributed by atoms with Gasteiger partial charge in [-0.2, -0.15) is 0 Å². The Kier molecular flexibility index (Phi) is 4.89. The average molecular weight is 277 g/mol. The molecule has 1 fully saturated rings. The maximum absolute atomic E-state index is 11.7. The van der Waals surface area contributed by atoms with Gasteiger partial charge in [0.05, 0.1) is 6.04 Å². The lowest BCUT2D eigenvalue weighted by Crippen LogP contribution is -2.51. The number of carbonyl (C=O) groups excluding carboxylic acids is 1. The van der Waals surface area contributed by atoms with E-state index in [1.54, 1.807) is 13.3 Å². The summed E-state index contributed by atoms with van der Waals surface area (Å²) in [6.45, 7) is 5.52. The van der Waals surface area contributed by atoms with E-state index < -0.39 is 6.04 Å². The Labute approximate surface area is 119 Å². The minimum Gasteiger partial charge on any atom is -0.354 e. The molecule has 6 heteroatoms. The Bertz CT molecular complexity index is 463. The van der Waals surface area contributed by atoms with E-state index in [1.807, 2.05) is 6.07 Å². The van der Waals surface area contributed by atoms with Crippen LogP contribution >= 0.6 is 0 Å². The van der Waals surface area contributed by atoms with Gasteiger partial charge in [0.25, 0.3) is 0 Å². The van der Waals surface area contributed by atoms with E-state index in [0.29, 0.717) is 0 Å². The van der Waals surface area contributed by atoms with Crippen molar-refractivity contribution in [2.45, 2.75) is 45.2 Å². The van der Waals surface area contributed by atoms with Crippen LogP contribution in [0.2, 0.25) is 0 Å². The number of aryl methyl sites for hydroxylation is 1. The highest BCUT2D eigenvalue weighted by Gasteiger charge is 2.23. The first-order valence-electron chi connectivity index (χ1n) is 7.22. The summed E-state index contributed by atoms with van der Waals surface area (Å²) in [5, 5.41) is 3.00. The highest BCUT2D eigenvalue weighted by atomic mass is 16.2. The largest absolute Gasteiger partial charge is 0.354 e. The van der Waals surface area contributed by atoms with E-state index in [4.69, 9.17) is 5.73 Å². The minimum absolute atomic E-state index is 0.0891. The summed E-state index contributed by atoms with van der Waals surface area (Å²) in [4.78, 5) is 22.4. The van der Waals surface area contributed by atoms with Gasteiger partial charge in [0, 0.05) is 30.9 Å². The third-order valence-corrected chi connectivity index (χ3v) is 3.58. The topological polar surface area (TPSA) is 84.1 Å². The lowest BCUT2D eigenvalue weighted by atomic mass is 10.1. The molecule has 3 N–H and O–H groups in total. The van der Waals surface area contributed by atoms with Crippen molar-refractivity contribution in [3.8, 4) is 0 Å². The summed E-state index contributed by atoms with van der Waals surface area (Å²) >= 11 is 0. The molecule has 1 aliphatic rings. The number of rotatable bonds is 4. The van der Waals surface area contributed by atoms with Gasteiger partial charge in [-0.1, -0.05) is 6.92 Å². The molecule has 2 atom stereocenters. The number of anilines is 1. The molecule has 1 saturated heterocycles. The van der Waals surface area contributed by atoms with Gasteiger partial charge in [-0.05, 0) is 26.2 Å². The Morgan fingerprint density at radius 3 is 3.10 bits per heavy atom. The van der Waals surface area contributed by atoms with Crippen LogP contribution in [0.5, 0.6) is 0 Å². The predicted octanol–water partition coefficient (Wildman–Crippen LogP) is 0.471. The molecule has 1 aromatic rings. The number of hydrogen-bond donors (Lipinski definition) is 2. The number of nitrogens with zero attached hydrogens (tertiary/aromatic N) is 3. The van der Waals surface area contributed by atoms with Crippen molar-refractivity contribution in [2.24, 2.45) is 5.73 Å². The normalized spacial score (nSPS) is 20.6. The molecular weight excluding hydrogens is 254 g/mol. The van der Waals surface area contributed by atoms with Crippen LogP contribution in [0.15, 0.2) is 12.4 Å². The Hall–Kier alpha value is -1.69. The molecule has 110 valence electrons. The molecule has 6 nitrogen and oxygen atoms in total. The molecule has 1 aromatic heterocycles. The first-order chi connectivity index (χ1) is 9.60. The van der Waals surface area contributed by atoms with E-state index in [9.17, 15) is 4.79 Å². The van der Waals surface area contributed by atoms with Gasteiger partial charge in [-0.25, -0.2) is 9.97 Å². The van der Waals surface area contributed by atoms with Crippen molar-refractivity contribution in [1.29, 1.82) is 0 Å². The minimum atomic E-state index is -0.462. The van der Waals surface area contributed by atoms with Crippen molar-refractivity contribution in [3.05, 3.63) is 18.1 Å². The SMILES string of the molecule is CCc1cc(N2CCCC(NC(=O)[C@@H](C)N)C2)ncn1. The maximum atomic E-state index is 11.7. The fraction of sp³-hybridized carbons (Fsp3) is 0.643. The molecule has 1 amide bonds. The van der Waals surface area contributed by atoms with E-state index in [2.05, 4.69) is 27.1 Å². The summed E-state index contributed by atoms with van der Waals surface area (Å²) in [5.74, 6) is 0.852. The molecule has 0 aromatic carbocycles. The number of nitrogens with one attached hydrogen (secondary N) is 1. The number of nitrogens with two attached hydrogens (primary N) is 1. The Morgan fingerprint density at radius 1 is 1.60 bits per heavy atom. The molecule has 20 heavy (non-hydrogen) atoms. The Balaban J connectivity index is 2.00. The van der Waals surface area contributed by atoms with Crippen LogP contribution < -0.4 is 16.0 Å². The van der Waals surface area contributed by atoms with Crippen LogP contribution in [0, 0.1) is 0 Å². The number of aromatic nitrogens is 2. The fourth-order valence-corrected chi connectivity index (χ4v) is 2.39. The van der Waals surface area contributed by atoms with Gasteiger partial charge in [0.2, 0.25) is 5.91 Å². The van der Waals surface area contributed by atoms with Crippen LogP contribution in [-0.2, 0) is 11.2 Å². The van der Waals surface area contributed by atoms with Gasteiger partial charge in [-0.3, -0.25) is 4.79 Å². The Morgan fingerprint density at radius 2 is 2.40 bits per heavy atom. The molecule has 0 radical (unpaired) electrons. The zero-order valence-electron chi connectivity index (χ0n) is 12.2.